The predicted molar refractivity (Wildman–Crippen MR) is 113 cm³/mol. The molecule has 0 atom stereocenters. The van der Waals surface area contributed by atoms with Gasteiger partial charge in [0.1, 0.15) is 5.76 Å². The van der Waals surface area contributed by atoms with Crippen LogP contribution in [0.5, 0.6) is 0 Å². The number of allylic oxidation sites excluding steroid dienone is 2. The molecule has 0 unspecified atom stereocenters. The van der Waals surface area contributed by atoms with Crippen molar-refractivity contribution in [2.75, 3.05) is 6.54 Å². The third kappa shape index (κ3) is 4.85. The van der Waals surface area contributed by atoms with Gasteiger partial charge in [-0.3, -0.25) is 9.79 Å². The van der Waals surface area contributed by atoms with Gasteiger partial charge in [0.15, 0.2) is 5.78 Å². The van der Waals surface area contributed by atoms with Gasteiger partial charge in [-0.05, 0) is 29.2 Å². The number of carbonyl (C=O) groups is 1. The topological polar surface area (TPSA) is 49.7 Å². The van der Waals surface area contributed by atoms with Crippen LogP contribution in [-0.4, -0.2) is 23.1 Å². The summed E-state index contributed by atoms with van der Waals surface area (Å²) in [6.07, 6.45) is 6.97. The molecule has 0 saturated heterocycles. The van der Waals surface area contributed by atoms with Crippen LogP contribution in [0.4, 0.5) is 0 Å². The molecule has 0 saturated carbocycles. The average Bonchev–Trinajstić information content (AvgIpc) is 2.67. The molecule has 0 amide bonds. The molecule has 0 aliphatic heterocycles. The summed E-state index contributed by atoms with van der Waals surface area (Å²) in [4.78, 5) is 17.3. The number of aliphatic hydroxyl groups is 1. The molecule has 0 bridgehead atoms. The Kier molecular flexibility index (Phi) is 6.80. The number of fused-ring (bicyclic) bond motifs is 1. The monoisotopic (exact) mass is 363 g/mol. The van der Waals surface area contributed by atoms with Crippen LogP contribution in [0.3, 0.4) is 0 Å². The maximum atomic E-state index is 12.5. The first-order valence-electron chi connectivity index (χ1n) is 10.2. The van der Waals surface area contributed by atoms with E-state index in [1.165, 1.54) is 23.6 Å². The van der Waals surface area contributed by atoms with Gasteiger partial charge < -0.3 is 5.11 Å². The third-order valence-corrected chi connectivity index (χ3v) is 5.23. The summed E-state index contributed by atoms with van der Waals surface area (Å²) in [6, 6.07) is 14.5. The summed E-state index contributed by atoms with van der Waals surface area (Å²) < 4.78 is 0. The van der Waals surface area contributed by atoms with Gasteiger partial charge in [-0.25, -0.2) is 0 Å². The number of aliphatic imine (C=N–C) groups is 1. The Labute approximate surface area is 161 Å². The first-order valence-corrected chi connectivity index (χ1v) is 10.2. The minimum atomic E-state index is 0.0336. The van der Waals surface area contributed by atoms with E-state index < -0.39 is 0 Å². The zero-order valence-electron chi connectivity index (χ0n) is 16.2. The molecular weight excluding hydrogens is 334 g/mol. The molecule has 0 aromatic heterocycles. The number of unbranched alkanes of at least 4 members (excludes halogenated alkanes) is 3. The van der Waals surface area contributed by atoms with Gasteiger partial charge >= 0.3 is 0 Å². The van der Waals surface area contributed by atoms with Gasteiger partial charge in [0.05, 0.1) is 11.3 Å². The van der Waals surface area contributed by atoms with E-state index in [4.69, 9.17) is 4.99 Å². The Hall–Kier alpha value is -2.42. The SMILES string of the molecule is CCCCCCN=C(Cc1cccc2ccccc12)C1=C(O)CCCC1=O. The molecule has 0 fully saturated rings. The number of hydrogen-bond acceptors (Lipinski definition) is 3. The second-order valence-electron chi connectivity index (χ2n) is 7.30. The summed E-state index contributed by atoms with van der Waals surface area (Å²) in [5.74, 6) is 0.255. The van der Waals surface area contributed by atoms with Gasteiger partial charge in [0.25, 0.3) is 0 Å². The lowest BCUT2D eigenvalue weighted by molar-refractivity contribution is -0.115. The Balaban J connectivity index is 1.92. The Bertz CT molecular complexity index is 858. The van der Waals surface area contributed by atoms with Gasteiger partial charge in [-0.1, -0.05) is 68.7 Å². The van der Waals surface area contributed by atoms with Gasteiger partial charge in [0.2, 0.25) is 0 Å². The summed E-state index contributed by atoms with van der Waals surface area (Å²) in [5.41, 5.74) is 2.38. The van der Waals surface area contributed by atoms with Crippen molar-refractivity contribution in [1.29, 1.82) is 0 Å². The van der Waals surface area contributed by atoms with Crippen molar-refractivity contribution < 1.29 is 9.90 Å². The Morgan fingerprint density at radius 3 is 2.67 bits per heavy atom. The molecule has 0 radical (unpaired) electrons. The highest BCUT2D eigenvalue weighted by Crippen LogP contribution is 2.25. The predicted octanol–water partition coefficient (Wildman–Crippen LogP) is 5.97. The molecule has 1 aliphatic rings. The zero-order valence-corrected chi connectivity index (χ0v) is 16.2. The van der Waals surface area contributed by atoms with Crippen LogP contribution in [0.25, 0.3) is 10.8 Å². The smallest absolute Gasteiger partial charge is 0.168 e. The molecule has 0 spiro atoms. The maximum Gasteiger partial charge on any atom is 0.168 e. The van der Waals surface area contributed by atoms with E-state index in [2.05, 4.69) is 31.2 Å². The number of nitrogens with zero attached hydrogens (tertiary/aromatic N) is 1. The fourth-order valence-corrected chi connectivity index (χ4v) is 3.76. The van der Waals surface area contributed by atoms with Crippen LogP contribution in [0.2, 0.25) is 0 Å². The molecule has 142 valence electrons. The van der Waals surface area contributed by atoms with Crippen LogP contribution in [-0.2, 0) is 11.2 Å². The molecule has 3 rings (SSSR count). The molecule has 1 aliphatic carbocycles. The number of benzene rings is 2. The molecule has 1 N–H and O–H groups in total. The first-order chi connectivity index (χ1) is 13.2. The van der Waals surface area contributed by atoms with Crippen molar-refractivity contribution in [1.82, 2.24) is 0 Å². The van der Waals surface area contributed by atoms with Gasteiger partial charge in [0, 0.05) is 25.8 Å². The third-order valence-electron chi connectivity index (χ3n) is 5.23. The van der Waals surface area contributed by atoms with Crippen LogP contribution in [0.1, 0.15) is 57.4 Å². The number of rotatable bonds is 8. The van der Waals surface area contributed by atoms with Crippen LogP contribution >= 0.6 is 0 Å². The van der Waals surface area contributed by atoms with E-state index in [0.29, 0.717) is 31.4 Å². The van der Waals surface area contributed by atoms with Crippen molar-refractivity contribution in [3.63, 3.8) is 0 Å². The number of carbonyl (C=O) groups excluding carboxylic acids is 1. The first kappa shape index (κ1) is 19.3. The van der Waals surface area contributed by atoms with Crippen molar-refractivity contribution in [2.45, 2.75) is 58.3 Å². The number of aliphatic hydroxyl groups excluding tert-OH is 1. The molecule has 3 heteroatoms. The highest BCUT2D eigenvalue weighted by molar-refractivity contribution is 6.24. The summed E-state index contributed by atoms with van der Waals surface area (Å²) >= 11 is 0. The average molecular weight is 364 g/mol. The number of hydrogen-bond donors (Lipinski definition) is 1. The van der Waals surface area contributed by atoms with E-state index in [0.717, 1.165) is 30.5 Å². The number of Topliss-reactive ketones (excluding diaryl/α,β-unsaturated/α-hetero) is 1. The zero-order chi connectivity index (χ0) is 19.1. The molecule has 2 aromatic rings. The van der Waals surface area contributed by atoms with Crippen LogP contribution < -0.4 is 0 Å². The quantitative estimate of drug-likeness (QED) is 0.464. The van der Waals surface area contributed by atoms with Gasteiger partial charge in [-0.15, -0.1) is 0 Å². The molecule has 27 heavy (non-hydrogen) atoms. The fraction of sp³-hybridized carbons (Fsp3) is 0.417. The molecule has 0 heterocycles. The molecule has 3 nitrogen and oxygen atoms in total. The standard InChI is InChI=1S/C24H29NO2/c1-2-3-4-7-16-25-21(24-22(26)14-9-15-23(24)27)17-19-12-8-11-18-10-5-6-13-20(18)19/h5-6,8,10-13,26H,2-4,7,9,14-17H2,1H3. The minimum absolute atomic E-state index is 0.0336. The van der Waals surface area contributed by atoms with Gasteiger partial charge in [-0.2, -0.15) is 0 Å². The lowest BCUT2D eigenvalue weighted by atomic mass is 9.89. The van der Waals surface area contributed by atoms with Crippen molar-refractivity contribution >= 4 is 22.3 Å². The van der Waals surface area contributed by atoms with E-state index in [1.807, 2.05) is 18.2 Å². The second kappa shape index (κ2) is 9.50. The second-order valence-corrected chi connectivity index (χ2v) is 7.30. The van der Waals surface area contributed by atoms with E-state index in [-0.39, 0.29) is 11.5 Å². The van der Waals surface area contributed by atoms with E-state index in [9.17, 15) is 9.90 Å². The lowest BCUT2D eigenvalue weighted by Gasteiger charge is -2.18. The van der Waals surface area contributed by atoms with Crippen molar-refractivity contribution in [3.05, 3.63) is 59.4 Å². The normalized spacial score (nSPS) is 15.6. The van der Waals surface area contributed by atoms with Crippen LogP contribution in [0, 0.1) is 0 Å². The Morgan fingerprint density at radius 1 is 1.04 bits per heavy atom. The summed E-state index contributed by atoms with van der Waals surface area (Å²) in [5, 5.41) is 12.8. The fourth-order valence-electron chi connectivity index (χ4n) is 3.76. The number of ketones is 1. The van der Waals surface area contributed by atoms with Crippen molar-refractivity contribution in [2.24, 2.45) is 4.99 Å². The highest BCUT2D eigenvalue weighted by atomic mass is 16.3. The van der Waals surface area contributed by atoms with E-state index >= 15 is 0 Å². The minimum Gasteiger partial charge on any atom is -0.511 e. The lowest BCUT2D eigenvalue weighted by Crippen LogP contribution is -2.21. The molecule has 2 aromatic carbocycles. The highest BCUT2D eigenvalue weighted by Gasteiger charge is 2.25. The molecular formula is C24H29NO2. The van der Waals surface area contributed by atoms with Crippen molar-refractivity contribution in [3.8, 4) is 0 Å². The summed E-state index contributed by atoms with van der Waals surface area (Å²) in [7, 11) is 0. The Morgan fingerprint density at radius 2 is 1.85 bits per heavy atom. The summed E-state index contributed by atoms with van der Waals surface area (Å²) in [6.45, 7) is 2.91. The largest absolute Gasteiger partial charge is 0.511 e. The van der Waals surface area contributed by atoms with Crippen LogP contribution in [0.15, 0.2) is 58.8 Å². The maximum absolute atomic E-state index is 12.5. The van der Waals surface area contributed by atoms with E-state index in [1.54, 1.807) is 0 Å².